The van der Waals surface area contributed by atoms with Gasteiger partial charge in [0, 0.05) is 41.0 Å². The van der Waals surface area contributed by atoms with Crippen LogP contribution in [0.2, 0.25) is 10.0 Å². The number of nitrogens with one attached hydrogen (secondary N) is 1. The van der Waals surface area contributed by atoms with Gasteiger partial charge in [0.25, 0.3) is 0 Å². The fraction of sp³-hybridized carbons (Fsp3) is 0.480. The molecule has 2 aromatic rings. The van der Waals surface area contributed by atoms with E-state index in [1.54, 1.807) is 18.2 Å². The summed E-state index contributed by atoms with van der Waals surface area (Å²) < 4.78 is 35.5. The van der Waals surface area contributed by atoms with E-state index in [9.17, 15) is 13.2 Å². The Morgan fingerprint density at radius 1 is 1.14 bits per heavy atom. The van der Waals surface area contributed by atoms with Crippen molar-refractivity contribution in [2.75, 3.05) is 19.3 Å². The van der Waals surface area contributed by atoms with Gasteiger partial charge in [-0.25, -0.2) is 13.2 Å². The van der Waals surface area contributed by atoms with Crippen LogP contribution in [0.4, 0.5) is 4.79 Å². The molecule has 1 N–H and O–H groups in total. The summed E-state index contributed by atoms with van der Waals surface area (Å²) in [6, 6.07) is 9.95. The molecule has 0 unspecified atom stereocenters. The number of amides is 1. The van der Waals surface area contributed by atoms with E-state index < -0.39 is 21.5 Å². The topological polar surface area (TPSA) is 84.9 Å². The van der Waals surface area contributed by atoms with Crippen molar-refractivity contribution in [1.29, 1.82) is 0 Å². The normalized spacial score (nSPS) is 22.6. The van der Waals surface area contributed by atoms with Crippen LogP contribution in [0.5, 0.6) is 5.75 Å². The monoisotopic (exact) mass is 540 g/mol. The highest BCUT2D eigenvalue weighted by atomic mass is 35.5. The van der Waals surface area contributed by atoms with E-state index in [0.29, 0.717) is 28.8 Å². The first-order valence-corrected chi connectivity index (χ1v) is 14.1. The highest BCUT2D eigenvalue weighted by molar-refractivity contribution is 7.90. The largest absolute Gasteiger partial charge is 0.484 e. The van der Waals surface area contributed by atoms with E-state index in [0.717, 1.165) is 24.1 Å². The van der Waals surface area contributed by atoms with Crippen LogP contribution in [-0.2, 0) is 21.0 Å². The zero-order valence-corrected chi connectivity index (χ0v) is 22.5. The van der Waals surface area contributed by atoms with Gasteiger partial charge in [0.2, 0.25) is 0 Å². The molecule has 1 aliphatic heterocycles. The maximum absolute atomic E-state index is 12.3. The number of nitrogens with zero attached hydrogens (tertiary/aromatic N) is 1. The van der Waals surface area contributed by atoms with Crippen molar-refractivity contribution in [1.82, 2.24) is 10.2 Å². The van der Waals surface area contributed by atoms with E-state index in [2.05, 4.69) is 10.2 Å². The van der Waals surface area contributed by atoms with Gasteiger partial charge in [0.15, 0.2) is 9.84 Å². The third-order valence-corrected chi connectivity index (χ3v) is 7.87. The Hall–Kier alpha value is -2.00. The number of hydrogen-bond acceptors (Lipinski definition) is 6. The predicted molar refractivity (Wildman–Crippen MR) is 136 cm³/mol. The van der Waals surface area contributed by atoms with Gasteiger partial charge in [-0.1, -0.05) is 23.2 Å². The van der Waals surface area contributed by atoms with Crippen LogP contribution in [0.3, 0.4) is 0 Å². The van der Waals surface area contributed by atoms with Crippen molar-refractivity contribution < 1.29 is 22.7 Å². The van der Waals surface area contributed by atoms with Crippen molar-refractivity contribution in [3.8, 4) is 5.75 Å². The molecule has 0 bridgehead atoms. The van der Waals surface area contributed by atoms with Crippen LogP contribution in [-0.4, -0.2) is 56.4 Å². The van der Waals surface area contributed by atoms with E-state index in [-0.39, 0.29) is 23.1 Å². The average Bonchev–Trinajstić information content (AvgIpc) is 3.31. The second-order valence-corrected chi connectivity index (χ2v) is 13.0. The minimum atomic E-state index is -3.30. The number of hydrogen-bond donors (Lipinski definition) is 1. The van der Waals surface area contributed by atoms with E-state index in [1.165, 1.54) is 18.4 Å². The van der Waals surface area contributed by atoms with Crippen LogP contribution < -0.4 is 10.1 Å². The lowest BCUT2D eigenvalue weighted by atomic mass is 10.1. The lowest BCUT2D eigenvalue weighted by Gasteiger charge is -2.30. The van der Waals surface area contributed by atoms with Crippen LogP contribution >= 0.6 is 23.2 Å². The SMILES string of the molecule is CC(C)(C)OC(=O)N[C@@H]1CCN([C@H]2Cc3c(Cl)cc(Cl)cc3[C@@H]2Oc2ccc(S(C)(=O)=O)cc2)C1. The molecule has 1 aliphatic carbocycles. The molecule has 0 spiro atoms. The summed E-state index contributed by atoms with van der Waals surface area (Å²) in [5, 5.41) is 4.09. The number of rotatable bonds is 5. The number of ether oxygens (including phenoxy) is 2. The minimum absolute atomic E-state index is 0.0269. The molecule has 1 saturated heterocycles. The third kappa shape index (κ3) is 6.23. The molecule has 1 amide bonds. The number of sulfone groups is 1. The van der Waals surface area contributed by atoms with Gasteiger partial charge in [-0.2, -0.15) is 0 Å². The Balaban J connectivity index is 1.54. The summed E-state index contributed by atoms with van der Waals surface area (Å²) in [6.45, 7) is 6.93. The molecule has 0 radical (unpaired) electrons. The first-order valence-electron chi connectivity index (χ1n) is 11.5. The Bertz CT molecular complexity index is 1210. The van der Waals surface area contributed by atoms with Crippen LogP contribution in [0.15, 0.2) is 41.3 Å². The molecule has 2 aromatic carbocycles. The fourth-order valence-corrected chi connectivity index (χ4v) is 5.89. The molecular weight excluding hydrogens is 511 g/mol. The summed E-state index contributed by atoms with van der Waals surface area (Å²) >= 11 is 12.9. The van der Waals surface area contributed by atoms with E-state index in [1.807, 2.05) is 26.8 Å². The molecule has 10 heteroatoms. The van der Waals surface area contributed by atoms with Gasteiger partial charge in [-0.3, -0.25) is 4.90 Å². The summed E-state index contributed by atoms with van der Waals surface area (Å²) in [5.41, 5.74) is 1.35. The van der Waals surface area contributed by atoms with Crippen molar-refractivity contribution >= 4 is 39.1 Å². The summed E-state index contributed by atoms with van der Waals surface area (Å²) in [5.74, 6) is 0.555. The van der Waals surface area contributed by atoms with E-state index >= 15 is 0 Å². The second-order valence-electron chi connectivity index (χ2n) is 10.1. The molecule has 0 aromatic heterocycles. The van der Waals surface area contributed by atoms with Crippen LogP contribution in [0, 0.1) is 0 Å². The van der Waals surface area contributed by atoms with Crippen molar-refractivity contribution in [2.24, 2.45) is 0 Å². The summed E-state index contributed by atoms with van der Waals surface area (Å²) in [7, 11) is -3.30. The van der Waals surface area contributed by atoms with Crippen LogP contribution in [0.1, 0.15) is 44.4 Å². The summed E-state index contributed by atoms with van der Waals surface area (Å²) in [6.07, 6.45) is 1.86. The Labute approximate surface area is 216 Å². The van der Waals surface area contributed by atoms with E-state index in [4.69, 9.17) is 32.7 Å². The molecule has 190 valence electrons. The van der Waals surface area contributed by atoms with Gasteiger partial charge in [-0.05, 0) is 75.6 Å². The highest BCUT2D eigenvalue weighted by Crippen LogP contribution is 2.43. The number of halogens is 2. The zero-order chi connectivity index (χ0) is 25.5. The van der Waals surface area contributed by atoms with Gasteiger partial charge in [-0.15, -0.1) is 0 Å². The molecule has 1 fully saturated rings. The fourth-order valence-electron chi connectivity index (χ4n) is 4.67. The minimum Gasteiger partial charge on any atom is -0.484 e. The Morgan fingerprint density at radius 3 is 2.46 bits per heavy atom. The van der Waals surface area contributed by atoms with Crippen molar-refractivity contribution in [2.45, 2.75) is 62.3 Å². The lowest BCUT2D eigenvalue weighted by molar-refractivity contribution is 0.0498. The van der Waals surface area contributed by atoms with Gasteiger partial charge >= 0.3 is 6.09 Å². The molecule has 7 nitrogen and oxygen atoms in total. The molecule has 4 rings (SSSR count). The first kappa shape index (κ1) is 26.1. The molecule has 35 heavy (non-hydrogen) atoms. The zero-order valence-electron chi connectivity index (χ0n) is 20.2. The molecule has 3 atom stereocenters. The second kappa shape index (κ2) is 9.81. The van der Waals surface area contributed by atoms with Gasteiger partial charge in [0.1, 0.15) is 17.5 Å². The average molecular weight is 541 g/mol. The Kier molecular flexibility index (Phi) is 7.31. The number of carbonyl (C=O) groups is 1. The number of fused-ring (bicyclic) bond motifs is 1. The maximum Gasteiger partial charge on any atom is 0.407 e. The number of benzene rings is 2. The summed E-state index contributed by atoms with van der Waals surface area (Å²) in [4.78, 5) is 14.8. The molecule has 1 heterocycles. The number of likely N-dealkylation sites (tertiary alicyclic amines) is 1. The number of alkyl carbamates (subject to hydrolysis) is 1. The van der Waals surface area contributed by atoms with Crippen molar-refractivity contribution in [3.05, 3.63) is 57.6 Å². The predicted octanol–water partition coefficient (Wildman–Crippen LogP) is 5.04. The quantitative estimate of drug-likeness (QED) is 0.571. The smallest absolute Gasteiger partial charge is 0.407 e. The maximum atomic E-state index is 12.3. The van der Waals surface area contributed by atoms with Crippen LogP contribution in [0.25, 0.3) is 0 Å². The molecule has 0 saturated carbocycles. The van der Waals surface area contributed by atoms with Gasteiger partial charge < -0.3 is 14.8 Å². The standard InChI is InChI=1S/C25H30Cl2N2O5S/c1-25(2,3)34-24(30)28-16-9-10-29(14-16)22-13-19-20(11-15(26)12-21(19)27)23(22)33-17-5-7-18(8-6-17)35(4,31)32/h5-8,11-12,16,22-23H,9-10,13-14H2,1-4H3,(H,28,30)/t16-,22+,23+/m1/s1. The lowest BCUT2D eigenvalue weighted by Crippen LogP contribution is -2.43. The highest BCUT2D eigenvalue weighted by Gasteiger charge is 2.42. The third-order valence-electron chi connectivity index (χ3n) is 6.19. The van der Waals surface area contributed by atoms with Gasteiger partial charge in [0.05, 0.1) is 10.9 Å². The number of carbonyl (C=O) groups excluding carboxylic acids is 1. The first-order chi connectivity index (χ1) is 16.3. The Morgan fingerprint density at radius 2 is 1.83 bits per heavy atom. The molecule has 2 aliphatic rings. The molecular formula is C25H30Cl2N2O5S. The van der Waals surface area contributed by atoms with Crippen molar-refractivity contribution in [3.63, 3.8) is 0 Å².